The maximum Gasteiger partial charge on any atom is 0.335 e. The van der Waals surface area contributed by atoms with E-state index in [4.69, 9.17) is 9.84 Å². The first kappa shape index (κ1) is 13.1. The van der Waals surface area contributed by atoms with Crippen LogP contribution in [-0.4, -0.2) is 34.5 Å². The Hall–Kier alpha value is -0.870. The van der Waals surface area contributed by atoms with Gasteiger partial charge in [-0.3, -0.25) is 0 Å². The second-order valence-corrected chi connectivity index (χ2v) is 3.30. The number of aliphatic hydroxyl groups is 2. The molecule has 0 saturated carbocycles. The van der Waals surface area contributed by atoms with Crippen molar-refractivity contribution in [3.05, 3.63) is 11.6 Å². The monoisotopic (exact) mass is 202 g/mol. The molecule has 0 bridgehead atoms. The van der Waals surface area contributed by atoms with Gasteiger partial charge in [0.05, 0.1) is 0 Å². The number of allylic oxidation sites excluding steroid dienone is 1. The van der Waals surface area contributed by atoms with Gasteiger partial charge < -0.3 is 14.9 Å². The molecular weight excluding hydrogens is 184 g/mol. The lowest BCUT2D eigenvalue weighted by atomic mass is 10.1. The van der Waals surface area contributed by atoms with E-state index < -0.39 is 24.3 Å². The Labute approximate surface area is 84.2 Å². The lowest BCUT2D eigenvalue weighted by molar-refractivity contribution is -0.161. The summed E-state index contributed by atoms with van der Waals surface area (Å²) in [5, 5.41) is 18.5. The van der Waals surface area contributed by atoms with E-state index in [1.165, 1.54) is 6.92 Å². The molecule has 0 heterocycles. The van der Waals surface area contributed by atoms with E-state index >= 15 is 0 Å². The van der Waals surface area contributed by atoms with E-state index in [1.807, 2.05) is 0 Å². The molecule has 0 spiro atoms. The van der Waals surface area contributed by atoms with Crippen LogP contribution in [0.1, 0.15) is 27.7 Å². The van der Waals surface area contributed by atoms with Crippen molar-refractivity contribution in [2.24, 2.45) is 0 Å². The highest BCUT2D eigenvalue weighted by Gasteiger charge is 2.21. The molecule has 0 radical (unpaired) electrons. The summed E-state index contributed by atoms with van der Waals surface area (Å²) >= 11 is 0. The van der Waals surface area contributed by atoms with Crippen LogP contribution in [0.15, 0.2) is 11.6 Å². The van der Waals surface area contributed by atoms with Crippen molar-refractivity contribution < 1.29 is 19.7 Å². The minimum Gasteiger partial charge on any atom is -0.458 e. The van der Waals surface area contributed by atoms with Crippen LogP contribution in [0.25, 0.3) is 0 Å². The minimum atomic E-state index is -1.16. The molecule has 0 aromatic heterocycles. The van der Waals surface area contributed by atoms with E-state index in [2.05, 4.69) is 0 Å². The molecule has 82 valence electrons. The van der Waals surface area contributed by atoms with Crippen molar-refractivity contribution in [3.8, 4) is 0 Å². The first-order chi connectivity index (χ1) is 6.40. The molecule has 0 aromatic rings. The molecule has 3 unspecified atom stereocenters. The third kappa shape index (κ3) is 3.89. The van der Waals surface area contributed by atoms with Crippen LogP contribution in [0.2, 0.25) is 0 Å². The highest BCUT2D eigenvalue weighted by atomic mass is 16.6. The van der Waals surface area contributed by atoms with Crippen molar-refractivity contribution in [3.63, 3.8) is 0 Å². The predicted octanol–water partition coefficient (Wildman–Crippen LogP) is 0.626. The second kappa shape index (κ2) is 5.78. The fraction of sp³-hybridized carbons (Fsp3) is 0.700. The van der Waals surface area contributed by atoms with Gasteiger partial charge in [0.1, 0.15) is 18.3 Å². The topological polar surface area (TPSA) is 66.8 Å². The standard InChI is InChI=1S/C10H18O4/c1-5-6(2)9(12)8(4)14-10(13)7(3)11/h5,7-9,11-12H,1-4H3. The number of hydrogen-bond donors (Lipinski definition) is 2. The van der Waals surface area contributed by atoms with Crippen LogP contribution in [-0.2, 0) is 9.53 Å². The quantitative estimate of drug-likeness (QED) is 0.518. The van der Waals surface area contributed by atoms with E-state index in [1.54, 1.807) is 26.8 Å². The van der Waals surface area contributed by atoms with Crippen LogP contribution in [0.4, 0.5) is 0 Å². The van der Waals surface area contributed by atoms with Crippen LogP contribution < -0.4 is 0 Å². The Morgan fingerprint density at radius 3 is 2.21 bits per heavy atom. The largest absolute Gasteiger partial charge is 0.458 e. The Morgan fingerprint density at radius 1 is 1.36 bits per heavy atom. The smallest absolute Gasteiger partial charge is 0.335 e. The zero-order valence-corrected chi connectivity index (χ0v) is 9.02. The molecule has 0 amide bonds. The highest BCUT2D eigenvalue weighted by Crippen LogP contribution is 2.09. The summed E-state index contributed by atoms with van der Waals surface area (Å²) < 4.78 is 4.82. The fourth-order valence-corrected chi connectivity index (χ4v) is 0.887. The Morgan fingerprint density at radius 2 is 1.86 bits per heavy atom. The van der Waals surface area contributed by atoms with Crippen LogP contribution >= 0.6 is 0 Å². The SMILES string of the molecule is CC=C(C)C(O)C(C)OC(=O)C(C)O. The molecule has 0 aliphatic heterocycles. The molecule has 0 saturated heterocycles. The predicted molar refractivity (Wildman–Crippen MR) is 52.7 cm³/mol. The molecular formula is C10H18O4. The normalized spacial score (nSPS) is 18.6. The van der Waals surface area contributed by atoms with Gasteiger partial charge >= 0.3 is 5.97 Å². The average molecular weight is 202 g/mol. The molecule has 3 atom stereocenters. The Kier molecular flexibility index (Phi) is 5.42. The summed E-state index contributed by atoms with van der Waals surface area (Å²) in [6.45, 7) is 6.45. The van der Waals surface area contributed by atoms with Gasteiger partial charge in [-0.2, -0.15) is 0 Å². The van der Waals surface area contributed by atoms with Crippen molar-refractivity contribution in [1.29, 1.82) is 0 Å². The zero-order chi connectivity index (χ0) is 11.3. The molecule has 14 heavy (non-hydrogen) atoms. The van der Waals surface area contributed by atoms with Crippen molar-refractivity contribution in [2.45, 2.75) is 46.0 Å². The molecule has 2 N–H and O–H groups in total. The van der Waals surface area contributed by atoms with Crippen molar-refractivity contribution in [2.75, 3.05) is 0 Å². The molecule has 0 aliphatic carbocycles. The lowest BCUT2D eigenvalue weighted by Gasteiger charge is -2.20. The van der Waals surface area contributed by atoms with Gasteiger partial charge in [-0.1, -0.05) is 6.08 Å². The maximum absolute atomic E-state index is 11.0. The van der Waals surface area contributed by atoms with Crippen LogP contribution in [0.3, 0.4) is 0 Å². The number of hydrogen-bond acceptors (Lipinski definition) is 4. The van der Waals surface area contributed by atoms with Gasteiger partial charge in [0.25, 0.3) is 0 Å². The van der Waals surface area contributed by atoms with Gasteiger partial charge in [0.2, 0.25) is 0 Å². The van der Waals surface area contributed by atoms with Gasteiger partial charge in [0, 0.05) is 0 Å². The number of ether oxygens (including phenoxy) is 1. The molecule has 0 rings (SSSR count). The van der Waals surface area contributed by atoms with Crippen molar-refractivity contribution >= 4 is 5.97 Å². The minimum absolute atomic E-state index is 0.645. The first-order valence-corrected chi connectivity index (χ1v) is 4.59. The summed E-state index contributed by atoms with van der Waals surface area (Å²) in [6, 6.07) is 0. The number of aliphatic hydroxyl groups excluding tert-OH is 2. The molecule has 0 aliphatic rings. The highest BCUT2D eigenvalue weighted by molar-refractivity contribution is 5.74. The molecule has 0 aromatic carbocycles. The van der Waals surface area contributed by atoms with Gasteiger partial charge in [0.15, 0.2) is 0 Å². The Bertz CT molecular complexity index is 220. The third-order valence-electron chi connectivity index (χ3n) is 2.01. The lowest BCUT2D eigenvalue weighted by Crippen LogP contribution is -2.32. The van der Waals surface area contributed by atoms with Gasteiger partial charge in [-0.25, -0.2) is 4.79 Å². The van der Waals surface area contributed by atoms with Crippen molar-refractivity contribution in [1.82, 2.24) is 0 Å². The number of rotatable bonds is 4. The molecule has 0 fully saturated rings. The second-order valence-electron chi connectivity index (χ2n) is 3.30. The van der Waals surface area contributed by atoms with E-state index in [-0.39, 0.29) is 0 Å². The molecule has 4 heteroatoms. The molecule has 4 nitrogen and oxygen atoms in total. The summed E-state index contributed by atoms with van der Waals surface area (Å²) in [5.41, 5.74) is 0.732. The summed E-state index contributed by atoms with van der Waals surface area (Å²) in [4.78, 5) is 11.0. The average Bonchev–Trinajstić information content (AvgIpc) is 2.14. The number of esters is 1. The van der Waals surface area contributed by atoms with Crippen LogP contribution in [0, 0.1) is 0 Å². The van der Waals surface area contributed by atoms with E-state index in [9.17, 15) is 9.90 Å². The number of carbonyl (C=O) groups is 1. The maximum atomic E-state index is 11.0. The van der Waals surface area contributed by atoms with E-state index in [0.717, 1.165) is 5.57 Å². The summed E-state index contributed by atoms with van der Waals surface area (Å²) in [6.07, 6.45) is -0.872. The number of carbonyl (C=O) groups excluding carboxylic acids is 1. The van der Waals surface area contributed by atoms with Crippen LogP contribution in [0.5, 0.6) is 0 Å². The van der Waals surface area contributed by atoms with Gasteiger partial charge in [-0.15, -0.1) is 0 Å². The third-order valence-corrected chi connectivity index (χ3v) is 2.01. The van der Waals surface area contributed by atoms with E-state index in [0.29, 0.717) is 0 Å². The van der Waals surface area contributed by atoms with Gasteiger partial charge in [-0.05, 0) is 33.3 Å². The fourth-order valence-electron chi connectivity index (χ4n) is 0.887. The Balaban J connectivity index is 4.21. The summed E-state index contributed by atoms with van der Waals surface area (Å²) in [5.74, 6) is -0.722. The first-order valence-electron chi connectivity index (χ1n) is 4.59. The zero-order valence-electron chi connectivity index (χ0n) is 9.02. The summed E-state index contributed by atoms with van der Waals surface area (Å²) in [7, 11) is 0.